The molecule has 0 saturated carbocycles. The molecule has 42 heavy (non-hydrogen) atoms. The minimum absolute atomic E-state index is 0.0535. The minimum Gasteiger partial charge on any atom is -0.487 e. The molecule has 0 unspecified atom stereocenters. The van der Waals surface area contributed by atoms with Crippen molar-refractivity contribution in [1.29, 1.82) is 0 Å². The van der Waals surface area contributed by atoms with Gasteiger partial charge in [-0.1, -0.05) is 30.3 Å². The van der Waals surface area contributed by atoms with Crippen LogP contribution in [0.5, 0.6) is 11.5 Å². The number of likely N-dealkylation sites (tertiary alicyclic amines) is 1. The summed E-state index contributed by atoms with van der Waals surface area (Å²) in [5, 5.41) is 5.92. The topological polar surface area (TPSA) is 97.7 Å². The van der Waals surface area contributed by atoms with Crippen LogP contribution in [0.1, 0.15) is 21.7 Å². The van der Waals surface area contributed by atoms with Gasteiger partial charge in [-0.25, -0.2) is 9.37 Å². The Bertz CT molecular complexity index is 1590. The first-order chi connectivity index (χ1) is 20.4. The van der Waals surface area contributed by atoms with Gasteiger partial charge < -0.3 is 24.7 Å². The third kappa shape index (κ3) is 6.28. The Hall–Kier alpha value is -4.70. The minimum atomic E-state index is -0.611. The molecule has 0 spiro atoms. The second-order valence-electron chi connectivity index (χ2n) is 10.6. The van der Waals surface area contributed by atoms with Crippen LogP contribution in [0.4, 0.5) is 4.39 Å². The number of carbonyl (C=O) groups excluding carboxylic acids is 2. The van der Waals surface area contributed by atoms with Gasteiger partial charge in [0.2, 0.25) is 0 Å². The molecule has 1 aromatic heterocycles. The Labute approximate surface area is 243 Å². The Morgan fingerprint density at radius 3 is 2.64 bits per heavy atom. The first kappa shape index (κ1) is 27.5. The van der Waals surface area contributed by atoms with Crippen LogP contribution < -0.4 is 20.1 Å². The van der Waals surface area contributed by atoms with Crippen LogP contribution in [0.2, 0.25) is 0 Å². The summed E-state index contributed by atoms with van der Waals surface area (Å²) in [6.45, 7) is 2.07. The average Bonchev–Trinajstić information content (AvgIpc) is 3.59. The molecule has 0 aliphatic carbocycles. The number of hydrogen-bond donors (Lipinski definition) is 2. The van der Waals surface area contributed by atoms with Crippen LogP contribution in [0, 0.1) is 5.82 Å². The fourth-order valence-electron chi connectivity index (χ4n) is 5.34. The van der Waals surface area contributed by atoms with E-state index in [9.17, 15) is 14.0 Å². The van der Waals surface area contributed by atoms with Gasteiger partial charge in [-0.2, -0.15) is 0 Å². The van der Waals surface area contributed by atoms with Crippen molar-refractivity contribution in [2.24, 2.45) is 7.05 Å². The molecule has 10 heteroatoms. The van der Waals surface area contributed by atoms with Crippen LogP contribution in [0.3, 0.4) is 0 Å². The summed E-state index contributed by atoms with van der Waals surface area (Å²) in [5.74, 6) is 0.737. The van der Waals surface area contributed by atoms with Gasteiger partial charge in [0.05, 0.1) is 11.6 Å². The maximum Gasteiger partial charge on any atom is 0.258 e. The highest BCUT2D eigenvalue weighted by Crippen LogP contribution is 2.27. The van der Waals surface area contributed by atoms with E-state index in [1.807, 2.05) is 48.1 Å². The number of imidazole rings is 1. The van der Waals surface area contributed by atoms with Crippen LogP contribution >= 0.6 is 0 Å². The molecule has 2 atom stereocenters. The molecule has 216 valence electrons. The number of carbonyl (C=O) groups is 2. The van der Waals surface area contributed by atoms with Crippen molar-refractivity contribution in [2.75, 3.05) is 26.2 Å². The summed E-state index contributed by atoms with van der Waals surface area (Å²) in [4.78, 5) is 32.6. The smallest absolute Gasteiger partial charge is 0.258 e. The molecule has 3 aromatic carbocycles. The molecule has 7 rings (SSSR count). The lowest BCUT2D eigenvalue weighted by Crippen LogP contribution is -2.45. The second-order valence-corrected chi connectivity index (χ2v) is 10.6. The third-order valence-electron chi connectivity index (χ3n) is 7.68. The molecular weight excluding hydrogens is 537 g/mol. The van der Waals surface area contributed by atoms with Gasteiger partial charge in [-0.3, -0.25) is 14.5 Å². The molecule has 3 aliphatic heterocycles. The molecule has 3 aliphatic rings. The Morgan fingerprint density at radius 1 is 1.00 bits per heavy atom. The van der Waals surface area contributed by atoms with E-state index in [-0.39, 0.29) is 30.2 Å². The average molecular weight is 570 g/mol. The van der Waals surface area contributed by atoms with Gasteiger partial charge in [0.1, 0.15) is 29.2 Å². The van der Waals surface area contributed by atoms with Crippen LogP contribution in [-0.4, -0.2) is 64.7 Å². The molecule has 2 N–H and O–H groups in total. The highest BCUT2D eigenvalue weighted by molar-refractivity contribution is 5.96. The maximum absolute atomic E-state index is 15.0. The monoisotopic (exact) mass is 569 g/mol. The van der Waals surface area contributed by atoms with Crippen molar-refractivity contribution in [1.82, 2.24) is 25.1 Å². The Kier molecular flexibility index (Phi) is 7.87. The van der Waals surface area contributed by atoms with Crippen LogP contribution in [0.15, 0.2) is 79.1 Å². The first-order valence-corrected chi connectivity index (χ1v) is 14.0. The number of benzene rings is 3. The molecule has 1 saturated heterocycles. The lowest BCUT2D eigenvalue weighted by Gasteiger charge is -2.22. The standard InChI is InChI=1S/C32H32FN5O4/c1-37-14-12-34-30(37)11-13-38-18-28-29(19-38)42-24-8-5-21(6-9-24)17-35-31(39)20-41-25-4-2-3-22(15-25)23-7-10-27(33)26(16-23)32(40)36-28/h2-10,12,14-16,28-29H,11,13,17-20H2,1H3,(H,35,39)(H,36,40)/t28-,29-/m0/s1. The van der Waals surface area contributed by atoms with Gasteiger partial charge in [-0.15, -0.1) is 0 Å². The van der Waals surface area contributed by atoms with E-state index in [4.69, 9.17) is 9.47 Å². The lowest BCUT2D eigenvalue weighted by atomic mass is 10.0. The van der Waals surface area contributed by atoms with Crippen molar-refractivity contribution < 1.29 is 23.5 Å². The van der Waals surface area contributed by atoms with E-state index in [1.165, 1.54) is 12.1 Å². The van der Waals surface area contributed by atoms with Gasteiger partial charge in [0, 0.05) is 52.0 Å². The van der Waals surface area contributed by atoms with Crippen LogP contribution in [0.25, 0.3) is 11.1 Å². The number of nitrogens with zero attached hydrogens (tertiary/aromatic N) is 3. The number of fused-ring (bicyclic) bond motifs is 7. The molecule has 6 bridgehead atoms. The van der Waals surface area contributed by atoms with Crippen molar-refractivity contribution >= 4 is 11.8 Å². The number of rotatable bonds is 3. The SMILES string of the molecule is Cn1ccnc1CCN1C[C@@H]2NC(=O)c3cc(ccc3F)-c3cccc(c3)OCC(=O)NCc3ccc(cc3)O[C@H]2C1. The Balaban J connectivity index is 1.29. The maximum atomic E-state index is 15.0. The summed E-state index contributed by atoms with van der Waals surface area (Å²) >= 11 is 0. The third-order valence-corrected chi connectivity index (χ3v) is 7.68. The predicted octanol–water partition coefficient (Wildman–Crippen LogP) is 3.34. The summed E-state index contributed by atoms with van der Waals surface area (Å²) in [7, 11) is 1.97. The molecular formula is C32H32FN5O4. The van der Waals surface area contributed by atoms with E-state index in [1.54, 1.807) is 30.5 Å². The van der Waals surface area contributed by atoms with Crippen molar-refractivity contribution in [3.8, 4) is 22.6 Å². The van der Waals surface area contributed by atoms with E-state index < -0.39 is 11.7 Å². The van der Waals surface area contributed by atoms with E-state index in [0.29, 0.717) is 36.7 Å². The number of aryl methyl sites for hydroxylation is 1. The zero-order valence-electron chi connectivity index (χ0n) is 23.3. The van der Waals surface area contributed by atoms with Crippen molar-refractivity contribution in [2.45, 2.75) is 25.1 Å². The highest BCUT2D eigenvalue weighted by atomic mass is 19.1. The van der Waals surface area contributed by atoms with Crippen molar-refractivity contribution in [3.05, 3.63) is 102 Å². The lowest BCUT2D eigenvalue weighted by molar-refractivity contribution is -0.123. The quantitative estimate of drug-likeness (QED) is 0.393. The predicted molar refractivity (Wildman–Crippen MR) is 155 cm³/mol. The fraction of sp³-hybridized carbons (Fsp3) is 0.281. The van der Waals surface area contributed by atoms with E-state index in [0.717, 1.165) is 29.9 Å². The fourth-order valence-corrected chi connectivity index (χ4v) is 5.34. The van der Waals surface area contributed by atoms with E-state index in [2.05, 4.69) is 20.5 Å². The molecule has 2 amide bonds. The number of aromatic nitrogens is 2. The van der Waals surface area contributed by atoms with Gasteiger partial charge in [0.15, 0.2) is 6.61 Å². The zero-order chi connectivity index (χ0) is 29.1. The van der Waals surface area contributed by atoms with E-state index >= 15 is 0 Å². The molecule has 1 fully saturated rings. The number of ether oxygens (including phenoxy) is 2. The Morgan fingerprint density at radius 2 is 1.83 bits per heavy atom. The van der Waals surface area contributed by atoms with Gasteiger partial charge in [-0.05, 0) is 53.1 Å². The molecule has 0 radical (unpaired) electrons. The summed E-state index contributed by atoms with van der Waals surface area (Å²) in [6.07, 6.45) is 4.09. The zero-order valence-corrected chi connectivity index (χ0v) is 23.3. The highest BCUT2D eigenvalue weighted by Gasteiger charge is 2.36. The first-order valence-electron chi connectivity index (χ1n) is 14.0. The molecule has 4 heterocycles. The number of halogens is 1. The molecule has 4 aromatic rings. The van der Waals surface area contributed by atoms with Gasteiger partial charge in [0.25, 0.3) is 11.8 Å². The number of hydrogen-bond acceptors (Lipinski definition) is 6. The van der Waals surface area contributed by atoms with Gasteiger partial charge >= 0.3 is 0 Å². The number of nitrogens with one attached hydrogen (secondary N) is 2. The van der Waals surface area contributed by atoms with Crippen molar-refractivity contribution in [3.63, 3.8) is 0 Å². The molecule has 9 nitrogen and oxygen atoms in total. The van der Waals surface area contributed by atoms with Crippen LogP contribution in [-0.2, 0) is 24.8 Å². The number of amides is 2. The summed E-state index contributed by atoms with van der Waals surface area (Å²) in [6, 6.07) is 18.7. The normalized spacial score (nSPS) is 19.3. The summed E-state index contributed by atoms with van der Waals surface area (Å²) in [5.41, 5.74) is 2.25. The second kappa shape index (κ2) is 12.0. The summed E-state index contributed by atoms with van der Waals surface area (Å²) < 4.78 is 29.1. The largest absolute Gasteiger partial charge is 0.487 e.